The first-order valence-corrected chi connectivity index (χ1v) is 8.23. The molecule has 0 saturated heterocycles. The van der Waals surface area contributed by atoms with E-state index in [0.29, 0.717) is 17.7 Å². The molecule has 0 spiro atoms. The fraction of sp³-hybridized carbons (Fsp3) is 0.250. The van der Waals surface area contributed by atoms with Crippen molar-refractivity contribution in [2.75, 3.05) is 13.7 Å². The second-order valence-electron chi connectivity index (χ2n) is 5.84. The SMILES string of the molecule is COc1ccc(CC(=O)OCC(=O)c2ccc(CNC(C)=O)cc2)cc1F. The van der Waals surface area contributed by atoms with Crippen LogP contribution in [0.4, 0.5) is 4.39 Å². The van der Waals surface area contributed by atoms with Crippen LogP contribution in [0.2, 0.25) is 0 Å². The van der Waals surface area contributed by atoms with Crippen molar-refractivity contribution in [1.82, 2.24) is 5.32 Å². The van der Waals surface area contributed by atoms with Crippen molar-refractivity contribution < 1.29 is 28.2 Å². The van der Waals surface area contributed by atoms with Crippen molar-refractivity contribution in [2.45, 2.75) is 19.9 Å². The third-order valence-electron chi connectivity index (χ3n) is 3.75. The highest BCUT2D eigenvalue weighted by Gasteiger charge is 2.12. The summed E-state index contributed by atoms with van der Waals surface area (Å²) in [6.45, 7) is 1.40. The molecule has 0 heterocycles. The van der Waals surface area contributed by atoms with Gasteiger partial charge in [-0.15, -0.1) is 0 Å². The van der Waals surface area contributed by atoms with Crippen molar-refractivity contribution in [3.8, 4) is 5.75 Å². The Morgan fingerprint density at radius 1 is 1.04 bits per heavy atom. The largest absolute Gasteiger partial charge is 0.494 e. The second kappa shape index (κ2) is 9.47. The number of esters is 1. The van der Waals surface area contributed by atoms with Gasteiger partial charge in [-0.2, -0.15) is 0 Å². The second-order valence-corrected chi connectivity index (χ2v) is 5.84. The molecule has 142 valence electrons. The van der Waals surface area contributed by atoms with Crippen LogP contribution in [0.5, 0.6) is 5.75 Å². The van der Waals surface area contributed by atoms with Crippen LogP contribution >= 0.6 is 0 Å². The van der Waals surface area contributed by atoms with Crippen LogP contribution in [0.25, 0.3) is 0 Å². The number of rotatable bonds is 8. The Kier molecular flexibility index (Phi) is 7.05. The third kappa shape index (κ3) is 6.22. The van der Waals surface area contributed by atoms with Crippen molar-refractivity contribution in [3.63, 3.8) is 0 Å². The van der Waals surface area contributed by atoms with Gasteiger partial charge >= 0.3 is 5.97 Å². The summed E-state index contributed by atoms with van der Waals surface area (Å²) in [4.78, 5) is 34.8. The molecule has 0 bridgehead atoms. The number of carbonyl (C=O) groups excluding carboxylic acids is 3. The smallest absolute Gasteiger partial charge is 0.310 e. The summed E-state index contributed by atoms with van der Waals surface area (Å²) < 4.78 is 23.4. The van der Waals surface area contributed by atoms with Crippen LogP contribution < -0.4 is 10.1 Å². The van der Waals surface area contributed by atoms with Crippen molar-refractivity contribution in [2.24, 2.45) is 0 Å². The zero-order valence-electron chi connectivity index (χ0n) is 15.1. The van der Waals surface area contributed by atoms with E-state index in [1.54, 1.807) is 30.3 Å². The summed E-state index contributed by atoms with van der Waals surface area (Å²) in [5.41, 5.74) is 1.67. The quantitative estimate of drug-likeness (QED) is 0.568. The zero-order valence-corrected chi connectivity index (χ0v) is 15.1. The lowest BCUT2D eigenvalue weighted by Crippen LogP contribution is -2.19. The van der Waals surface area contributed by atoms with Gasteiger partial charge in [0.1, 0.15) is 0 Å². The van der Waals surface area contributed by atoms with Crippen LogP contribution in [0.15, 0.2) is 42.5 Å². The topological polar surface area (TPSA) is 81.7 Å². The van der Waals surface area contributed by atoms with Gasteiger partial charge in [-0.1, -0.05) is 30.3 Å². The molecule has 7 heteroatoms. The maximum absolute atomic E-state index is 13.6. The van der Waals surface area contributed by atoms with Crippen LogP contribution in [-0.2, 0) is 27.3 Å². The van der Waals surface area contributed by atoms with E-state index in [1.165, 1.54) is 26.2 Å². The average Bonchev–Trinajstić information content (AvgIpc) is 2.65. The standard InChI is InChI=1S/C20H20FNO5/c1-13(23)22-11-14-3-6-16(7-4-14)18(24)12-27-20(25)10-15-5-8-19(26-2)17(21)9-15/h3-9H,10-12H2,1-2H3,(H,22,23). The van der Waals surface area contributed by atoms with Crippen LogP contribution in [0.1, 0.15) is 28.4 Å². The van der Waals surface area contributed by atoms with Gasteiger partial charge in [-0.05, 0) is 23.3 Å². The number of Topliss-reactive ketones (excluding diaryl/α,β-unsaturated/α-hetero) is 1. The van der Waals surface area contributed by atoms with Gasteiger partial charge in [0.05, 0.1) is 13.5 Å². The van der Waals surface area contributed by atoms with E-state index in [2.05, 4.69) is 5.32 Å². The highest BCUT2D eigenvalue weighted by molar-refractivity contribution is 5.98. The van der Waals surface area contributed by atoms with Crippen LogP contribution in [0, 0.1) is 5.82 Å². The van der Waals surface area contributed by atoms with Crippen molar-refractivity contribution in [3.05, 3.63) is 65.0 Å². The molecule has 0 atom stereocenters. The monoisotopic (exact) mass is 373 g/mol. The molecule has 6 nitrogen and oxygen atoms in total. The molecule has 2 aromatic carbocycles. The minimum absolute atomic E-state index is 0.0873. The fourth-order valence-electron chi connectivity index (χ4n) is 2.30. The Hall–Kier alpha value is -3.22. The Morgan fingerprint density at radius 3 is 2.30 bits per heavy atom. The van der Waals surface area contributed by atoms with E-state index >= 15 is 0 Å². The first-order chi connectivity index (χ1) is 12.9. The van der Waals surface area contributed by atoms with Crippen molar-refractivity contribution in [1.29, 1.82) is 0 Å². The normalized spacial score (nSPS) is 10.2. The van der Waals surface area contributed by atoms with Gasteiger partial charge in [0.15, 0.2) is 24.0 Å². The summed E-state index contributed by atoms with van der Waals surface area (Å²) in [6, 6.07) is 10.8. The molecular weight excluding hydrogens is 353 g/mol. The van der Waals surface area contributed by atoms with Gasteiger partial charge in [-0.3, -0.25) is 14.4 Å². The molecule has 0 aromatic heterocycles. The highest BCUT2D eigenvalue weighted by Crippen LogP contribution is 2.18. The molecule has 0 unspecified atom stereocenters. The Balaban J connectivity index is 1.84. The number of carbonyl (C=O) groups is 3. The first-order valence-electron chi connectivity index (χ1n) is 8.23. The minimum atomic E-state index is -0.629. The third-order valence-corrected chi connectivity index (χ3v) is 3.75. The van der Waals surface area contributed by atoms with E-state index < -0.39 is 18.4 Å². The summed E-state index contributed by atoms with van der Waals surface area (Å²) in [7, 11) is 1.35. The van der Waals surface area contributed by atoms with Gasteiger partial charge in [0, 0.05) is 19.0 Å². The Labute approximate surface area is 156 Å². The summed E-state index contributed by atoms with van der Waals surface area (Å²) in [6.07, 6.45) is -0.149. The van der Waals surface area contributed by atoms with Crippen LogP contribution in [-0.4, -0.2) is 31.4 Å². The molecule has 27 heavy (non-hydrogen) atoms. The van der Waals surface area contributed by atoms with E-state index in [4.69, 9.17) is 9.47 Å². The molecule has 0 aliphatic carbocycles. The number of ether oxygens (including phenoxy) is 2. The van der Waals surface area contributed by atoms with E-state index in [-0.39, 0.29) is 23.9 Å². The predicted octanol–water partition coefficient (Wildman–Crippen LogP) is 2.44. The number of halogens is 1. The highest BCUT2D eigenvalue weighted by atomic mass is 19.1. The number of ketones is 1. The fourth-order valence-corrected chi connectivity index (χ4v) is 2.30. The summed E-state index contributed by atoms with van der Waals surface area (Å²) >= 11 is 0. The number of hydrogen-bond acceptors (Lipinski definition) is 5. The molecule has 0 aliphatic heterocycles. The lowest BCUT2D eigenvalue weighted by molar-refractivity contribution is -0.141. The van der Waals surface area contributed by atoms with E-state index in [0.717, 1.165) is 5.56 Å². The van der Waals surface area contributed by atoms with Gasteiger partial charge in [0.25, 0.3) is 0 Å². The summed E-state index contributed by atoms with van der Waals surface area (Å²) in [5, 5.41) is 2.66. The van der Waals surface area contributed by atoms with Crippen LogP contribution in [0.3, 0.4) is 0 Å². The zero-order chi connectivity index (χ0) is 19.8. The number of hydrogen-bond donors (Lipinski definition) is 1. The summed E-state index contributed by atoms with van der Waals surface area (Å²) in [5.74, 6) is -1.60. The molecular formula is C20H20FNO5. The number of benzene rings is 2. The predicted molar refractivity (Wildman–Crippen MR) is 95.9 cm³/mol. The van der Waals surface area contributed by atoms with Gasteiger partial charge in [-0.25, -0.2) is 4.39 Å². The average molecular weight is 373 g/mol. The first kappa shape index (κ1) is 20.1. The number of amides is 1. The molecule has 0 saturated carbocycles. The van der Waals surface area contributed by atoms with Crippen molar-refractivity contribution >= 4 is 17.7 Å². The van der Waals surface area contributed by atoms with E-state index in [9.17, 15) is 18.8 Å². The Bertz CT molecular complexity index is 833. The molecule has 0 radical (unpaired) electrons. The van der Waals surface area contributed by atoms with E-state index in [1.807, 2.05) is 0 Å². The minimum Gasteiger partial charge on any atom is -0.494 e. The molecule has 1 N–H and O–H groups in total. The Morgan fingerprint density at radius 2 is 1.70 bits per heavy atom. The molecule has 2 aromatic rings. The number of nitrogens with one attached hydrogen (secondary N) is 1. The maximum atomic E-state index is 13.6. The maximum Gasteiger partial charge on any atom is 0.310 e. The molecule has 0 fully saturated rings. The lowest BCUT2D eigenvalue weighted by Gasteiger charge is -2.07. The molecule has 1 amide bonds. The van der Waals surface area contributed by atoms with Gasteiger partial charge in [0.2, 0.25) is 5.91 Å². The van der Waals surface area contributed by atoms with Gasteiger partial charge < -0.3 is 14.8 Å². The molecule has 2 rings (SSSR count). The molecule has 0 aliphatic rings. The lowest BCUT2D eigenvalue weighted by atomic mass is 10.1. The number of methoxy groups -OCH3 is 1.